The van der Waals surface area contributed by atoms with Crippen LogP contribution >= 0.6 is 0 Å². The summed E-state index contributed by atoms with van der Waals surface area (Å²) in [5, 5.41) is 23.6. The van der Waals surface area contributed by atoms with E-state index in [1.807, 2.05) is 13.0 Å². The highest BCUT2D eigenvalue weighted by Gasteiger charge is 2.18. The molecule has 1 unspecified atom stereocenters. The van der Waals surface area contributed by atoms with E-state index in [9.17, 15) is 9.90 Å². The molecule has 0 saturated carbocycles. The highest BCUT2D eigenvalue weighted by molar-refractivity contribution is 5.89. The number of carbonyl (C=O) groups excluding carboxylic acids is 1. The number of aliphatic hydroxyl groups is 1. The maximum absolute atomic E-state index is 11.5. The molecule has 5 heteroatoms. The largest absolute Gasteiger partial charge is 0.388 e. The summed E-state index contributed by atoms with van der Waals surface area (Å²) in [7, 11) is 0. The highest BCUT2D eigenvalue weighted by Crippen LogP contribution is 2.09. The Morgan fingerprint density at radius 1 is 1.44 bits per heavy atom. The van der Waals surface area contributed by atoms with Crippen LogP contribution in [0.4, 0.5) is 10.5 Å². The summed E-state index contributed by atoms with van der Waals surface area (Å²) < 4.78 is 0. The molecule has 0 saturated heterocycles. The van der Waals surface area contributed by atoms with Gasteiger partial charge in [-0.2, -0.15) is 5.26 Å². The van der Waals surface area contributed by atoms with Gasteiger partial charge in [0, 0.05) is 12.2 Å². The van der Waals surface area contributed by atoms with Crippen molar-refractivity contribution in [1.82, 2.24) is 5.32 Å². The Labute approximate surface area is 106 Å². The van der Waals surface area contributed by atoms with Gasteiger partial charge in [-0.3, -0.25) is 0 Å². The van der Waals surface area contributed by atoms with Crippen LogP contribution in [-0.4, -0.2) is 23.3 Å². The molecule has 96 valence electrons. The second kappa shape index (κ2) is 6.03. The topological polar surface area (TPSA) is 85.2 Å². The molecule has 18 heavy (non-hydrogen) atoms. The van der Waals surface area contributed by atoms with E-state index in [-0.39, 0.29) is 12.6 Å². The van der Waals surface area contributed by atoms with Gasteiger partial charge in [0.05, 0.1) is 17.2 Å². The van der Waals surface area contributed by atoms with E-state index in [4.69, 9.17) is 5.26 Å². The minimum Gasteiger partial charge on any atom is -0.388 e. The number of carbonyl (C=O) groups is 1. The van der Waals surface area contributed by atoms with Crippen LogP contribution in [0.2, 0.25) is 0 Å². The molecule has 0 fully saturated rings. The average Bonchev–Trinajstić information content (AvgIpc) is 2.37. The Balaban J connectivity index is 2.47. The van der Waals surface area contributed by atoms with Crippen LogP contribution < -0.4 is 10.6 Å². The molecule has 0 aliphatic rings. The molecule has 0 spiro atoms. The quantitative estimate of drug-likeness (QED) is 0.759. The van der Waals surface area contributed by atoms with Crippen LogP contribution in [0.3, 0.4) is 0 Å². The van der Waals surface area contributed by atoms with Crippen molar-refractivity contribution in [2.24, 2.45) is 0 Å². The van der Waals surface area contributed by atoms with Crippen molar-refractivity contribution in [3.05, 3.63) is 29.8 Å². The number of urea groups is 1. The summed E-state index contributed by atoms with van der Waals surface area (Å²) in [6.45, 7) is 3.70. The third-order valence-corrected chi connectivity index (χ3v) is 2.66. The smallest absolute Gasteiger partial charge is 0.319 e. The van der Waals surface area contributed by atoms with Gasteiger partial charge < -0.3 is 15.7 Å². The molecule has 0 aromatic heterocycles. The zero-order chi connectivity index (χ0) is 13.6. The van der Waals surface area contributed by atoms with Crippen molar-refractivity contribution in [3.63, 3.8) is 0 Å². The van der Waals surface area contributed by atoms with Gasteiger partial charge in [-0.15, -0.1) is 0 Å². The van der Waals surface area contributed by atoms with Crippen molar-refractivity contribution in [3.8, 4) is 6.07 Å². The Bertz CT molecular complexity index is 446. The number of amides is 2. The van der Waals surface area contributed by atoms with Crippen LogP contribution in [0.15, 0.2) is 24.3 Å². The number of nitrogens with zero attached hydrogens (tertiary/aromatic N) is 1. The lowest BCUT2D eigenvalue weighted by atomic mass is 10.0. The molecule has 0 aliphatic carbocycles. The first-order chi connectivity index (χ1) is 8.46. The van der Waals surface area contributed by atoms with Crippen molar-refractivity contribution >= 4 is 11.7 Å². The Morgan fingerprint density at radius 3 is 2.56 bits per heavy atom. The first kappa shape index (κ1) is 14.0. The molecule has 5 nitrogen and oxygen atoms in total. The molecule has 1 aromatic rings. The lowest BCUT2D eigenvalue weighted by Gasteiger charge is -2.21. The molecule has 1 rings (SSSR count). The van der Waals surface area contributed by atoms with Crippen molar-refractivity contribution in [2.45, 2.75) is 25.9 Å². The second-order valence-electron chi connectivity index (χ2n) is 4.35. The third kappa shape index (κ3) is 4.44. The van der Waals surface area contributed by atoms with E-state index in [1.165, 1.54) is 0 Å². The fourth-order valence-electron chi connectivity index (χ4n) is 1.20. The molecule has 0 bridgehead atoms. The van der Waals surface area contributed by atoms with Crippen molar-refractivity contribution in [2.75, 3.05) is 11.9 Å². The van der Waals surface area contributed by atoms with Gasteiger partial charge >= 0.3 is 6.03 Å². The van der Waals surface area contributed by atoms with Crippen LogP contribution in [-0.2, 0) is 0 Å². The fourth-order valence-corrected chi connectivity index (χ4v) is 1.20. The second-order valence-corrected chi connectivity index (χ2v) is 4.35. The first-order valence-corrected chi connectivity index (χ1v) is 5.74. The van der Waals surface area contributed by atoms with E-state index in [1.54, 1.807) is 31.2 Å². The average molecular weight is 247 g/mol. The Morgan fingerprint density at radius 2 is 2.06 bits per heavy atom. The monoisotopic (exact) mass is 247 g/mol. The van der Waals surface area contributed by atoms with E-state index in [0.29, 0.717) is 17.7 Å². The van der Waals surface area contributed by atoms with E-state index in [2.05, 4.69) is 10.6 Å². The Hall–Kier alpha value is -2.06. The lowest BCUT2D eigenvalue weighted by Crippen LogP contribution is -2.41. The third-order valence-electron chi connectivity index (χ3n) is 2.66. The van der Waals surface area contributed by atoms with Crippen LogP contribution in [0.1, 0.15) is 25.8 Å². The molecular formula is C13H17N3O2. The number of hydrogen-bond acceptors (Lipinski definition) is 3. The standard InChI is InChI=1S/C13H17N3O2/c1-3-13(2,18)9-15-12(17)16-11-6-4-10(8-14)5-7-11/h4-7,18H,3,9H2,1-2H3,(H2,15,16,17). The SMILES string of the molecule is CCC(C)(O)CNC(=O)Nc1ccc(C#N)cc1. The number of nitrogens with one attached hydrogen (secondary N) is 2. The summed E-state index contributed by atoms with van der Waals surface area (Å²) in [4.78, 5) is 11.5. The maximum Gasteiger partial charge on any atom is 0.319 e. The molecule has 2 amide bonds. The normalized spacial score (nSPS) is 13.2. The zero-order valence-corrected chi connectivity index (χ0v) is 10.5. The predicted molar refractivity (Wildman–Crippen MR) is 69.1 cm³/mol. The molecule has 1 aromatic carbocycles. The predicted octanol–water partition coefficient (Wildman–Crippen LogP) is 1.84. The zero-order valence-electron chi connectivity index (χ0n) is 10.5. The van der Waals surface area contributed by atoms with E-state index in [0.717, 1.165) is 0 Å². The molecule has 0 heterocycles. The van der Waals surface area contributed by atoms with Gasteiger partial charge in [0.2, 0.25) is 0 Å². The van der Waals surface area contributed by atoms with Crippen LogP contribution in [0.25, 0.3) is 0 Å². The number of nitriles is 1. The molecule has 0 radical (unpaired) electrons. The summed E-state index contributed by atoms with van der Waals surface area (Å²) in [5.41, 5.74) is 0.236. The lowest BCUT2D eigenvalue weighted by molar-refractivity contribution is 0.0587. The van der Waals surface area contributed by atoms with Crippen LogP contribution in [0.5, 0.6) is 0 Å². The van der Waals surface area contributed by atoms with E-state index >= 15 is 0 Å². The van der Waals surface area contributed by atoms with Gasteiger partial charge in [0.15, 0.2) is 0 Å². The molecular weight excluding hydrogens is 230 g/mol. The number of hydrogen-bond donors (Lipinski definition) is 3. The first-order valence-electron chi connectivity index (χ1n) is 5.74. The van der Waals surface area contributed by atoms with Gasteiger partial charge in [-0.1, -0.05) is 6.92 Å². The van der Waals surface area contributed by atoms with Gasteiger partial charge in [-0.05, 0) is 37.6 Å². The van der Waals surface area contributed by atoms with E-state index < -0.39 is 5.60 Å². The molecule has 1 atom stereocenters. The van der Waals surface area contributed by atoms with Gasteiger partial charge in [-0.25, -0.2) is 4.79 Å². The fraction of sp³-hybridized carbons (Fsp3) is 0.385. The maximum atomic E-state index is 11.5. The van der Waals surface area contributed by atoms with Gasteiger partial charge in [0.25, 0.3) is 0 Å². The van der Waals surface area contributed by atoms with Gasteiger partial charge in [0.1, 0.15) is 0 Å². The number of anilines is 1. The van der Waals surface area contributed by atoms with Crippen LogP contribution in [0, 0.1) is 11.3 Å². The summed E-state index contributed by atoms with van der Waals surface area (Å²) in [6, 6.07) is 8.16. The summed E-state index contributed by atoms with van der Waals surface area (Å²) in [5.74, 6) is 0. The Kier molecular flexibility index (Phi) is 4.69. The van der Waals surface area contributed by atoms with Crippen molar-refractivity contribution < 1.29 is 9.90 Å². The minimum absolute atomic E-state index is 0.186. The highest BCUT2D eigenvalue weighted by atomic mass is 16.3. The summed E-state index contributed by atoms with van der Waals surface area (Å²) in [6.07, 6.45) is 0.560. The molecule has 3 N–H and O–H groups in total. The number of benzene rings is 1. The number of rotatable bonds is 4. The minimum atomic E-state index is -0.901. The molecule has 0 aliphatic heterocycles. The summed E-state index contributed by atoms with van der Waals surface area (Å²) >= 11 is 0. The van der Waals surface area contributed by atoms with Crippen molar-refractivity contribution in [1.29, 1.82) is 5.26 Å².